The van der Waals surface area contributed by atoms with Crippen LogP contribution >= 0.6 is 11.8 Å². The Labute approximate surface area is 181 Å². The van der Waals surface area contributed by atoms with Crippen LogP contribution in [0.3, 0.4) is 0 Å². The number of aryl methyl sites for hydroxylation is 1. The van der Waals surface area contributed by atoms with Crippen LogP contribution in [0.15, 0.2) is 64.2 Å². The van der Waals surface area contributed by atoms with Crippen LogP contribution in [0.25, 0.3) is 11.5 Å². The largest absolute Gasteiger partial charge is 0.411 e. The van der Waals surface area contributed by atoms with E-state index in [2.05, 4.69) is 39.4 Å². The summed E-state index contributed by atoms with van der Waals surface area (Å²) in [6.45, 7) is 8.10. The van der Waals surface area contributed by atoms with Gasteiger partial charge in [-0.25, -0.2) is 0 Å². The van der Waals surface area contributed by atoms with Crippen LogP contribution in [0.4, 0.5) is 0 Å². The molecule has 1 aliphatic rings. The number of amides is 1. The Morgan fingerprint density at radius 2 is 1.73 bits per heavy atom. The summed E-state index contributed by atoms with van der Waals surface area (Å²) >= 11 is 1.33. The Morgan fingerprint density at radius 3 is 2.47 bits per heavy atom. The van der Waals surface area contributed by atoms with Crippen molar-refractivity contribution < 1.29 is 9.21 Å². The average molecular weight is 423 g/mol. The quantitative estimate of drug-likeness (QED) is 0.562. The maximum absolute atomic E-state index is 12.9. The molecule has 1 amide bonds. The molecule has 0 N–H and O–H groups in total. The number of benzene rings is 2. The molecule has 1 aliphatic heterocycles. The molecule has 1 aromatic heterocycles. The van der Waals surface area contributed by atoms with Crippen molar-refractivity contribution in [2.75, 3.05) is 26.2 Å². The van der Waals surface area contributed by atoms with Gasteiger partial charge < -0.3 is 9.32 Å². The molecule has 3 aromatic rings. The van der Waals surface area contributed by atoms with Gasteiger partial charge in [-0.1, -0.05) is 60.3 Å². The van der Waals surface area contributed by atoms with Crippen LogP contribution in [-0.2, 0) is 11.3 Å². The molecule has 1 atom stereocenters. The molecule has 1 fully saturated rings. The number of thioether (sulfide) groups is 1. The molecular weight excluding hydrogens is 396 g/mol. The fourth-order valence-electron chi connectivity index (χ4n) is 3.61. The third-order valence-electron chi connectivity index (χ3n) is 5.34. The highest BCUT2D eigenvalue weighted by molar-refractivity contribution is 8.00. The van der Waals surface area contributed by atoms with E-state index in [1.807, 2.05) is 49.1 Å². The smallest absolute Gasteiger partial charge is 0.277 e. The normalized spacial score (nSPS) is 15.9. The van der Waals surface area contributed by atoms with Crippen LogP contribution in [0.1, 0.15) is 18.1 Å². The van der Waals surface area contributed by atoms with Crippen LogP contribution in [0.5, 0.6) is 0 Å². The van der Waals surface area contributed by atoms with E-state index in [0.29, 0.717) is 11.1 Å². The van der Waals surface area contributed by atoms with Gasteiger partial charge in [0, 0.05) is 38.3 Å². The number of nitrogens with zero attached hydrogens (tertiary/aromatic N) is 4. The minimum Gasteiger partial charge on any atom is -0.411 e. The van der Waals surface area contributed by atoms with Gasteiger partial charge in [-0.3, -0.25) is 9.69 Å². The van der Waals surface area contributed by atoms with Gasteiger partial charge in [-0.05, 0) is 31.0 Å². The van der Waals surface area contributed by atoms with Crippen molar-refractivity contribution in [1.82, 2.24) is 20.0 Å². The summed E-state index contributed by atoms with van der Waals surface area (Å²) < 4.78 is 5.80. The van der Waals surface area contributed by atoms with E-state index < -0.39 is 0 Å². The lowest BCUT2D eigenvalue weighted by Gasteiger charge is -2.35. The molecule has 0 radical (unpaired) electrons. The van der Waals surface area contributed by atoms with E-state index in [1.165, 1.54) is 17.3 Å². The van der Waals surface area contributed by atoms with Crippen LogP contribution in [-0.4, -0.2) is 57.3 Å². The molecule has 0 bridgehead atoms. The standard InChI is InChI=1S/C23H26N4O2S/c1-17-8-6-7-11-20(17)21-24-25-23(29-21)30-18(2)22(28)27-14-12-26(13-15-27)16-19-9-4-3-5-10-19/h3-11,18H,12-16H2,1-2H3. The lowest BCUT2D eigenvalue weighted by Crippen LogP contribution is -2.50. The monoisotopic (exact) mass is 422 g/mol. The molecule has 156 valence electrons. The first-order chi connectivity index (χ1) is 14.6. The van der Waals surface area contributed by atoms with Gasteiger partial charge in [-0.2, -0.15) is 0 Å². The fourth-order valence-corrected chi connectivity index (χ4v) is 4.37. The summed E-state index contributed by atoms with van der Waals surface area (Å²) in [5, 5.41) is 8.44. The van der Waals surface area contributed by atoms with E-state index in [9.17, 15) is 4.79 Å². The Kier molecular flexibility index (Phi) is 6.50. The minimum absolute atomic E-state index is 0.120. The predicted molar refractivity (Wildman–Crippen MR) is 118 cm³/mol. The van der Waals surface area contributed by atoms with Gasteiger partial charge in [0.1, 0.15) is 0 Å². The molecule has 0 spiro atoms. The van der Waals surface area contributed by atoms with Crippen molar-refractivity contribution in [3.8, 4) is 11.5 Å². The lowest BCUT2D eigenvalue weighted by atomic mass is 10.1. The number of rotatable bonds is 6. The number of aromatic nitrogens is 2. The molecule has 1 saturated heterocycles. The van der Waals surface area contributed by atoms with Gasteiger partial charge in [0.25, 0.3) is 5.22 Å². The molecule has 4 rings (SSSR count). The Balaban J connectivity index is 1.30. The number of carbonyl (C=O) groups excluding carboxylic acids is 1. The van der Waals surface area contributed by atoms with Crippen molar-refractivity contribution in [3.63, 3.8) is 0 Å². The maximum atomic E-state index is 12.9. The Morgan fingerprint density at radius 1 is 1.03 bits per heavy atom. The first-order valence-electron chi connectivity index (χ1n) is 10.2. The number of carbonyl (C=O) groups is 1. The van der Waals surface area contributed by atoms with E-state index in [1.54, 1.807) is 0 Å². The molecule has 6 nitrogen and oxygen atoms in total. The highest BCUT2D eigenvalue weighted by Crippen LogP contribution is 2.28. The summed E-state index contributed by atoms with van der Waals surface area (Å²) in [5.41, 5.74) is 3.31. The van der Waals surface area contributed by atoms with Crippen molar-refractivity contribution in [2.45, 2.75) is 30.9 Å². The van der Waals surface area contributed by atoms with Crippen molar-refractivity contribution in [2.24, 2.45) is 0 Å². The number of hydrogen-bond donors (Lipinski definition) is 0. The van der Waals surface area contributed by atoms with Gasteiger partial charge in [0.05, 0.1) is 5.25 Å². The van der Waals surface area contributed by atoms with Crippen molar-refractivity contribution in [1.29, 1.82) is 0 Å². The molecule has 1 unspecified atom stereocenters. The molecular formula is C23H26N4O2S. The number of piperazine rings is 1. The average Bonchev–Trinajstić information content (AvgIpc) is 3.23. The van der Waals surface area contributed by atoms with Gasteiger partial charge >= 0.3 is 0 Å². The van der Waals surface area contributed by atoms with Gasteiger partial charge in [0.15, 0.2) is 0 Å². The maximum Gasteiger partial charge on any atom is 0.277 e. The topological polar surface area (TPSA) is 62.5 Å². The van der Waals surface area contributed by atoms with E-state index in [-0.39, 0.29) is 11.2 Å². The zero-order valence-corrected chi connectivity index (χ0v) is 18.1. The first-order valence-corrected chi connectivity index (χ1v) is 11.1. The summed E-state index contributed by atoms with van der Waals surface area (Å²) in [5.74, 6) is 0.611. The second-order valence-corrected chi connectivity index (χ2v) is 8.83. The highest BCUT2D eigenvalue weighted by Gasteiger charge is 2.27. The van der Waals surface area contributed by atoms with Gasteiger partial charge in [0.2, 0.25) is 11.8 Å². The number of hydrogen-bond acceptors (Lipinski definition) is 6. The SMILES string of the molecule is Cc1ccccc1-c1nnc(SC(C)C(=O)N2CCN(Cc3ccccc3)CC2)o1. The summed E-state index contributed by atoms with van der Waals surface area (Å²) in [6, 6.07) is 18.3. The lowest BCUT2D eigenvalue weighted by molar-refractivity contribution is -0.132. The minimum atomic E-state index is -0.268. The summed E-state index contributed by atoms with van der Waals surface area (Å²) in [4.78, 5) is 17.2. The molecule has 7 heteroatoms. The highest BCUT2D eigenvalue weighted by atomic mass is 32.2. The second kappa shape index (κ2) is 9.45. The summed E-state index contributed by atoms with van der Waals surface area (Å²) in [7, 11) is 0. The fraction of sp³-hybridized carbons (Fsp3) is 0.348. The molecule has 2 aromatic carbocycles. The van der Waals surface area contributed by atoms with Crippen molar-refractivity contribution in [3.05, 3.63) is 65.7 Å². The van der Waals surface area contributed by atoms with E-state index in [4.69, 9.17) is 4.42 Å². The molecule has 0 aliphatic carbocycles. The van der Waals surface area contributed by atoms with Crippen molar-refractivity contribution >= 4 is 17.7 Å². The zero-order valence-electron chi connectivity index (χ0n) is 17.3. The third kappa shape index (κ3) is 4.91. The van der Waals surface area contributed by atoms with Crippen LogP contribution in [0.2, 0.25) is 0 Å². The third-order valence-corrected chi connectivity index (χ3v) is 6.26. The zero-order chi connectivity index (χ0) is 20.9. The second-order valence-electron chi connectivity index (χ2n) is 7.54. The Hall–Kier alpha value is -2.64. The van der Waals surface area contributed by atoms with Crippen LogP contribution < -0.4 is 0 Å². The first kappa shape index (κ1) is 20.6. The van der Waals surface area contributed by atoms with Crippen LogP contribution in [0, 0.1) is 6.92 Å². The predicted octanol–water partition coefficient (Wildman–Crippen LogP) is 3.87. The Bertz CT molecular complexity index is 984. The summed E-state index contributed by atoms with van der Waals surface area (Å²) in [6.07, 6.45) is 0. The molecule has 30 heavy (non-hydrogen) atoms. The molecule has 0 saturated carbocycles. The van der Waals surface area contributed by atoms with E-state index >= 15 is 0 Å². The van der Waals surface area contributed by atoms with Gasteiger partial charge in [-0.15, -0.1) is 10.2 Å². The van der Waals surface area contributed by atoms with E-state index in [0.717, 1.165) is 43.9 Å². The molecule has 2 heterocycles.